The molecule has 0 atom stereocenters. The van der Waals surface area contributed by atoms with Crippen LogP contribution < -0.4 is 15.0 Å². The van der Waals surface area contributed by atoms with Crippen molar-refractivity contribution < 1.29 is 14.3 Å². The first-order valence-corrected chi connectivity index (χ1v) is 10.1. The summed E-state index contributed by atoms with van der Waals surface area (Å²) >= 11 is 6.02. The van der Waals surface area contributed by atoms with E-state index in [1.165, 1.54) is 0 Å². The smallest absolute Gasteiger partial charge is 0.262 e. The molecule has 1 aliphatic heterocycles. The first-order chi connectivity index (χ1) is 13.9. The Hall–Kier alpha value is -2.73. The minimum atomic E-state index is -0.251. The summed E-state index contributed by atoms with van der Waals surface area (Å²) in [5.74, 6) is 0.473. The van der Waals surface area contributed by atoms with Crippen LogP contribution in [0.5, 0.6) is 5.75 Å². The lowest BCUT2D eigenvalue weighted by atomic mass is 10.1. The number of rotatable bonds is 6. The Morgan fingerprint density at radius 2 is 1.69 bits per heavy atom. The van der Waals surface area contributed by atoms with E-state index >= 15 is 0 Å². The van der Waals surface area contributed by atoms with Gasteiger partial charge >= 0.3 is 0 Å². The number of nitrogens with one attached hydrogen (secondary N) is 1. The first-order valence-electron chi connectivity index (χ1n) is 9.75. The van der Waals surface area contributed by atoms with E-state index in [4.69, 9.17) is 16.3 Å². The Labute approximate surface area is 176 Å². The number of para-hydroxylation sites is 1. The molecule has 2 aromatic rings. The average Bonchev–Trinajstić information content (AvgIpc) is 2.73. The highest BCUT2D eigenvalue weighted by molar-refractivity contribution is 6.32. The molecule has 1 N–H and O–H groups in total. The van der Waals surface area contributed by atoms with Gasteiger partial charge in [0.25, 0.3) is 5.91 Å². The van der Waals surface area contributed by atoms with Gasteiger partial charge < -0.3 is 19.9 Å². The van der Waals surface area contributed by atoms with E-state index in [1.54, 1.807) is 24.3 Å². The first kappa shape index (κ1) is 21.0. The fourth-order valence-corrected chi connectivity index (χ4v) is 3.40. The molecule has 1 fully saturated rings. The van der Waals surface area contributed by atoms with E-state index in [9.17, 15) is 9.59 Å². The van der Waals surface area contributed by atoms with Gasteiger partial charge in [-0.1, -0.05) is 37.6 Å². The van der Waals surface area contributed by atoms with Crippen LogP contribution in [-0.2, 0) is 9.59 Å². The quantitative estimate of drug-likeness (QED) is 0.782. The van der Waals surface area contributed by atoms with E-state index in [0.717, 1.165) is 31.9 Å². The molecule has 29 heavy (non-hydrogen) atoms. The van der Waals surface area contributed by atoms with Crippen molar-refractivity contribution in [1.82, 2.24) is 4.90 Å². The van der Waals surface area contributed by atoms with Crippen LogP contribution in [0.4, 0.5) is 11.4 Å². The van der Waals surface area contributed by atoms with E-state index in [2.05, 4.69) is 10.2 Å². The summed E-state index contributed by atoms with van der Waals surface area (Å²) < 4.78 is 5.45. The zero-order chi connectivity index (χ0) is 20.8. The van der Waals surface area contributed by atoms with Crippen LogP contribution in [0, 0.1) is 5.92 Å². The second-order valence-corrected chi connectivity index (χ2v) is 7.69. The molecule has 0 bridgehead atoms. The summed E-state index contributed by atoms with van der Waals surface area (Å²) in [4.78, 5) is 28.4. The zero-order valence-corrected chi connectivity index (χ0v) is 17.5. The molecule has 3 rings (SSSR count). The SMILES string of the molecule is CC(C)C(=O)N1CCN(c2ccc(NC(=O)COc3ccccc3Cl)cc2)CC1. The Kier molecular flexibility index (Phi) is 6.99. The van der Waals surface area contributed by atoms with Gasteiger partial charge in [-0.3, -0.25) is 9.59 Å². The van der Waals surface area contributed by atoms with Gasteiger partial charge in [0, 0.05) is 43.5 Å². The molecule has 6 nitrogen and oxygen atoms in total. The van der Waals surface area contributed by atoms with Gasteiger partial charge in [0.15, 0.2) is 6.61 Å². The molecule has 1 saturated heterocycles. The van der Waals surface area contributed by atoms with Gasteiger partial charge in [-0.2, -0.15) is 0 Å². The number of anilines is 2. The van der Waals surface area contributed by atoms with Crippen LogP contribution in [0.1, 0.15) is 13.8 Å². The van der Waals surface area contributed by atoms with Crippen LogP contribution in [-0.4, -0.2) is 49.5 Å². The monoisotopic (exact) mass is 415 g/mol. The third-order valence-electron chi connectivity index (χ3n) is 4.80. The van der Waals surface area contributed by atoms with Crippen molar-refractivity contribution in [3.05, 3.63) is 53.6 Å². The summed E-state index contributed by atoms with van der Waals surface area (Å²) in [5, 5.41) is 3.29. The van der Waals surface area contributed by atoms with Gasteiger partial charge in [0.1, 0.15) is 5.75 Å². The molecule has 0 saturated carbocycles. The Bertz CT molecular complexity index is 847. The van der Waals surface area contributed by atoms with Crippen molar-refractivity contribution in [3.8, 4) is 5.75 Å². The maximum atomic E-state index is 12.1. The number of hydrogen-bond donors (Lipinski definition) is 1. The van der Waals surface area contributed by atoms with Gasteiger partial charge in [0.2, 0.25) is 5.91 Å². The zero-order valence-electron chi connectivity index (χ0n) is 16.7. The molecule has 154 valence electrons. The fraction of sp³-hybridized carbons (Fsp3) is 0.364. The van der Waals surface area contributed by atoms with Crippen molar-refractivity contribution in [1.29, 1.82) is 0 Å². The predicted molar refractivity (Wildman–Crippen MR) is 116 cm³/mol. The Balaban J connectivity index is 1.48. The number of hydrogen-bond acceptors (Lipinski definition) is 4. The van der Waals surface area contributed by atoms with Crippen LogP contribution in [0.2, 0.25) is 5.02 Å². The van der Waals surface area contributed by atoms with Gasteiger partial charge in [0.05, 0.1) is 5.02 Å². The van der Waals surface area contributed by atoms with Crippen LogP contribution in [0.15, 0.2) is 48.5 Å². The number of halogens is 1. The Morgan fingerprint density at radius 3 is 2.31 bits per heavy atom. The molecule has 0 aliphatic carbocycles. The van der Waals surface area contributed by atoms with Crippen molar-refractivity contribution in [2.75, 3.05) is 43.0 Å². The van der Waals surface area contributed by atoms with Crippen LogP contribution >= 0.6 is 11.6 Å². The molecular weight excluding hydrogens is 390 g/mol. The molecule has 2 amide bonds. The lowest BCUT2D eigenvalue weighted by Gasteiger charge is -2.37. The molecule has 0 radical (unpaired) electrons. The molecule has 0 unspecified atom stereocenters. The van der Waals surface area contributed by atoms with Gasteiger partial charge in [-0.25, -0.2) is 0 Å². The number of piperazine rings is 1. The second-order valence-electron chi connectivity index (χ2n) is 7.28. The van der Waals surface area contributed by atoms with E-state index in [1.807, 2.05) is 43.0 Å². The number of carbonyl (C=O) groups excluding carboxylic acids is 2. The Morgan fingerprint density at radius 1 is 1.03 bits per heavy atom. The van der Waals surface area contributed by atoms with Crippen molar-refractivity contribution in [3.63, 3.8) is 0 Å². The van der Waals surface area contributed by atoms with E-state index in [-0.39, 0.29) is 24.3 Å². The summed E-state index contributed by atoms with van der Waals surface area (Å²) in [6, 6.07) is 14.7. The molecule has 0 aromatic heterocycles. The standard InChI is InChI=1S/C22H26ClN3O3/c1-16(2)22(28)26-13-11-25(12-14-26)18-9-7-17(8-10-18)24-21(27)15-29-20-6-4-3-5-19(20)23/h3-10,16H,11-15H2,1-2H3,(H,24,27). The molecular formula is C22H26ClN3O3. The molecule has 0 spiro atoms. The molecule has 2 aromatic carbocycles. The van der Waals surface area contributed by atoms with Gasteiger partial charge in [-0.15, -0.1) is 0 Å². The number of amides is 2. The molecule has 1 heterocycles. The highest BCUT2D eigenvalue weighted by atomic mass is 35.5. The number of benzene rings is 2. The van der Waals surface area contributed by atoms with Crippen molar-refractivity contribution >= 4 is 34.8 Å². The summed E-state index contributed by atoms with van der Waals surface area (Å²) in [7, 11) is 0. The maximum absolute atomic E-state index is 12.1. The average molecular weight is 416 g/mol. The van der Waals surface area contributed by atoms with Gasteiger partial charge in [-0.05, 0) is 36.4 Å². The molecule has 1 aliphatic rings. The fourth-order valence-electron chi connectivity index (χ4n) is 3.21. The summed E-state index contributed by atoms with van der Waals surface area (Å²) in [6.45, 7) is 6.81. The third kappa shape index (κ3) is 5.64. The maximum Gasteiger partial charge on any atom is 0.262 e. The van der Waals surface area contributed by atoms with Crippen LogP contribution in [0.3, 0.4) is 0 Å². The lowest BCUT2D eigenvalue weighted by Crippen LogP contribution is -2.49. The number of carbonyl (C=O) groups is 2. The third-order valence-corrected chi connectivity index (χ3v) is 5.11. The summed E-state index contributed by atoms with van der Waals surface area (Å²) in [6.07, 6.45) is 0. The minimum absolute atomic E-state index is 0.0336. The normalized spacial score (nSPS) is 14.1. The largest absolute Gasteiger partial charge is 0.482 e. The van der Waals surface area contributed by atoms with Crippen molar-refractivity contribution in [2.45, 2.75) is 13.8 Å². The molecule has 7 heteroatoms. The topological polar surface area (TPSA) is 61.9 Å². The second kappa shape index (κ2) is 9.65. The lowest BCUT2D eigenvalue weighted by molar-refractivity contribution is -0.134. The van der Waals surface area contributed by atoms with E-state index < -0.39 is 0 Å². The predicted octanol–water partition coefficient (Wildman–Crippen LogP) is 3.66. The highest BCUT2D eigenvalue weighted by Gasteiger charge is 2.22. The minimum Gasteiger partial charge on any atom is -0.482 e. The summed E-state index contributed by atoms with van der Waals surface area (Å²) in [5.41, 5.74) is 1.78. The van der Waals surface area contributed by atoms with Crippen molar-refractivity contribution in [2.24, 2.45) is 5.92 Å². The number of ether oxygens (including phenoxy) is 1. The van der Waals surface area contributed by atoms with E-state index in [0.29, 0.717) is 16.5 Å². The van der Waals surface area contributed by atoms with Crippen LogP contribution in [0.25, 0.3) is 0 Å². The number of nitrogens with zero attached hydrogens (tertiary/aromatic N) is 2. The highest BCUT2D eigenvalue weighted by Crippen LogP contribution is 2.23.